The van der Waals surface area contributed by atoms with E-state index in [4.69, 9.17) is 4.74 Å². The van der Waals surface area contributed by atoms with E-state index in [1.165, 1.54) is 12.1 Å². The Kier molecular flexibility index (Phi) is 4.87. The van der Waals surface area contributed by atoms with Crippen molar-refractivity contribution >= 4 is 72.5 Å². The molecule has 0 saturated carbocycles. The summed E-state index contributed by atoms with van der Waals surface area (Å²) >= 11 is 0. The van der Waals surface area contributed by atoms with Gasteiger partial charge in [-0.2, -0.15) is 0 Å². The molecule has 6 aromatic carbocycles. The first-order chi connectivity index (χ1) is 19.3. The van der Waals surface area contributed by atoms with Gasteiger partial charge in [0.15, 0.2) is 0 Å². The maximum absolute atomic E-state index is 13.8. The Bertz CT molecular complexity index is 1990. The first-order valence-electron chi connectivity index (χ1n) is 12.6. The van der Waals surface area contributed by atoms with Crippen molar-refractivity contribution in [3.63, 3.8) is 0 Å². The van der Waals surface area contributed by atoms with Gasteiger partial charge in [0.05, 0.1) is 23.4 Å². The van der Waals surface area contributed by atoms with Crippen molar-refractivity contribution in [2.45, 2.75) is 6.92 Å². The minimum absolute atomic E-state index is 0.108. The summed E-state index contributed by atoms with van der Waals surface area (Å²) in [6.07, 6.45) is 0. The fraction of sp³-hybridized carbons (Fsp3) is 0.0625. The second kappa shape index (κ2) is 8.25. The van der Waals surface area contributed by atoms with Crippen molar-refractivity contribution in [3.8, 4) is 5.75 Å². The smallest absolute Gasteiger partial charge is 0.336 e. The molecule has 0 saturated heterocycles. The van der Waals surface area contributed by atoms with Crippen molar-refractivity contribution in [2.24, 2.45) is 0 Å². The largest absolute Gasteiger partial charge is 0.494 e. The third-order valence-corrected chi connectivity index (χ3v) is 7.64. The number of benzene rings is 6. The molecule has 0 spiro atoms. The topological polar surface area (TPSA) is 121 Å². The Hall–Kier alpha value is -5.50. The molecule has 6 aromatic rings. The van der Waals surface area contributed by atoms with Crippen LogP contribution in [0.3, 0.4) is 0 Å². The quantitative estimate of drug-likeness (QED) is 0.152. The minimum atomic E-state index is -1.23. The van der Waals surface area contributed by atoms with Crippen LogP contribution in [0.15, 0.2) is 72.8 Å². The Morgan fingerprint density at radius 3 is 1.52 bits per heavy atom. The zero-order valence-corrected chi connectivity index (χ0v) is 21.0. The number of imide groups is 1. The SMILES string of the molecule is CCOc1ccc(N2C(=O)c3ccc4c5ccc(C(=O)O)c6c(C(=O)O)ccc(c7ccc(c3c47)C2=O)c65)cc1. The zero-order chi connectivity index (χ0) is 27.9. The highest BCUT2D eigenvalue weighted by Crippen LogP contribution is 2.45. The molecule has 1 heterocycles. The first-order valence-corrected chi connectivity index (χ1v) is 12.6. The monoisotopic (exact) mass is 529 g/mol. The van der Waals surface area contributed by atoms with Crippen molar-refractivity contribution in [1.82, 2.24) is 0 Å². The molecule has 0 unspecified atom stereocenters. The number of amides is 2. The fourth-order valence-electron chi connectivity index (χ4n) is 6.03. The predicted octanol–water partition coefficient (Wildman–Crippen LogP) is 6.33. The van der Waals surface area contributed by atoms with Crippen LogP contribution in [-0.4, -0.2) is 40.6 Å². The number of fused-ring (bicyclic) bond motifs is 2. The molecule has 194 valence electrons. The number of carboxylic acids is 2. The third kappa shape index (κ3) is 3.01. The lowest BCUT2D eigenvalue weighted by atomic mass is 9.83. The number of rotatable bonds is 5. The van der Waals surface area contributed by atoms with E-state index in [0.717, 1.165) is 4.90 Å². The first kappa shape index (κ1) is 23.6. The molecule has 2 N–H and O–H groups in total. The van der Waals surface area contributed by atoms with Gasteiger partial charge in [0.25, 0.3) is 11.8 Å². The average molecular weight is 530 g/mol. The van der Waals surface area contributed by atoms with Crippen LogP contribution in [0.1, 0.15) is 48.4 Å². The molecule has 0 aliphatic carbocycles. The van der Waals surface area contributed by atoms with Gasteiger partial charge in [-0.1, -0.05) is 24.3 Å². The number of anilines is 1. The Morgan fingerprint density at radius 2 is 1.07 bits per heavy atom. The van der Waals surface area contributed by atoms with Gasteiger partial charge >= 0.3 is 11.9 Å². The summed E-state index contributed by atoms with van der Waals surface area (Å²) in [4.78, 5) is 52.9. The highest BCUT2D eigenvalue weighted by atomic mass is 16.5. The van der Waals surface area contributed by atoms with Gasteiger partial charge in [0.1, 0.15) is 5.75 Å². The summed E-state index contributed by atoms with van der Waals surface area (Å²) in [6, 6.07) is 19.8. The second-order valence-electron chi connectivity index (χ2n) is 9.63. The third-order valence-electron chi connectivity index (χ3n) is 7.64. The number of aromatic carboxylic acids is 2. The van der Waals surface area contributed by atoms with Crippen LogP contribution in [0.2, 0.25) is 0 Å². The van der Waals surface area contributed by atoms with Crippen LogP contribution < -0.4 is 9.64 Å². The lowest BCUT2D eigenvalue weighted by Crippen LogP contribution is -2.40. The number of carboxylic acid groups (broad SMARTS) is 2. The summed E-state index contributed by atoms with van der Waals surface area (Å²) in [5, 5.41) is 24.3. The summed E-state index contributed by atoms with van der Waals surface area (Å²) in [7, 11) is 0. The average Bonchev–Trinajstić information content (AvgIpc) is 2.95. The van der Waals surface area contributed by atoms with Gasteiger partial charge in [-0.05, 0) is 87.8 Å². The van der Waals surface area contributed by atoms with E-state index in [9.17, 15) is 29.4 Å². The van der Waals surface area contributed by atoms with E-state index >= 15 is 0 Å². The van der Waals surface area contributed by atoms with Crippen molar-refractivity contribution < 1.29 is 34.1 Å². The Balaban J connectivity index is 1.54. The van der Waals surface area contributed by atoms with Crippen LogP contribution in [0.25, 0.3) is 43.1 Å². The standard InChI is InChI=1S/C32H19NO7/c1-2-40-16-5-3-15(4-6-16)33-29(34)21-11-7-17-19-9-13-23(31(36)37)28-24(32(38)39)14-10-20(26(19)28)18-8-12-22(30(33)35)27(21)25(17)18/h3-14H,2H2,1H3,(H,36,37)(H,38,39). The molecule has 0 fully saturated rings. The highest BCUT2D eigenvalue weighted by molar-refractivity contribution is 6.43. The maximum atomic E-state index is 13.8. The van der Waals surface area contributed by atoms with Gasteiger partial charge in [0, 0.05) is 21.9 Å². The molecule has 8 heteroatoms. The van der Waals surface area contributed by atoms with Gasteiger partial charge < -0.3 is 14.9 Å². The van der Waals surface area contributed by atoms with Crippen LogP contribution >= 0.6 is 0 Å². The molecule has 0 bridgehead atoms. The van der Waals surface area contributed by atoms with Crippen molar-refractivity contribution in [3.05, 3.63) is 95.1 Å². The van der Waals surface area contributed by atoms with Gasteiger partial charge in [-0.15, -0.1) is 0 Å². The van der Waals surface area contributed by atoms with E-state index in [1.54, 1.807) is 60.7 Å². The number of hydrogen-bond donors (Lipinski definition) is 2. The number of carbonyl (C=O) groups is 4. The summed E-state index contributed by atoms with van der Waals surface area (Å²) in [5.74, 6) is -2.74. The van der Waals surface area contributed by atoms with E-state index < -0.39 is 23.8 Å². The lowest BCUT2D eigenvalue weighted by molar-refractivity contribution is 0.0695. The van der Waals surface area contributed by atoms with E-state index in [-0.39, 0.29) is 16.5 Å². The minimum Gasteiger partial charge on any atom is -0.494 e. The lowest BCUT2D eigenvalue weighted by Gasteiger charge is -2.28. The van der Waals surface area contributed by atoms with Gasteiger partial charge in [-0.3, -0.25) is 9.59 Å². The molecule has 2 amide bonds. The molecular formula is C32H19NO7. The molecular weight excluding hydrogens is 510 g/mol. The Morgan fingerprint density at radius 1 is 0.625 bits per heavy atom. The number of carbonyl (C=O) groups excluding carboxylic acids is 2. The summed E-state index contributed by atoms with van der Waals surface area (Å²) in [5.41, 5.74) is 0.947. The molecule has 8 nitrogen and oxygen atoms in total. The number of ether oxygens (including phenoxy) is 1. The zero-order valence-electron chi connectivity index (χ0n) is 21.0. The van der Waals surface area contributed by atoms with E-state index in [2.05, 4.69) is 0 Å². The molecule has 40 heavy (non-hydrogen) atoms. The molecule has 0 aromatic heterocycles. The molecule has 1 aliphatic rings. The van der Waals surface area contributed by atoms with Crippen LogP contribution in [0, 0.1) is 0 Å². The van der Waals surface area contributed by atoms with E-state index in [0.29, 0.717) is 66.9 Å². The van der Waals surface area contributed by atoms with Crippen LogP contribution in [0.4, 0.5) is 5.69 Å². The fourth-order valence-corrected chi connectivity index (χ4v) is 6.03. The number of nitrogens with zero attached hydrogens (tertiary/aromatic N) is 1. The maximum Gasteiger partial charge on any atom is 0.336 e. The number of hydrogen-bond acceptors (Lipinski definition) is 5. The van der Waals surface area contributed by atoms with Crippen molar-refractivity contribution in [2.75, 3.05) is 11.5 Å². The molecule has 0 radical (unpaired) electrons. The van der Waals surface area contributed by atoms with E-state index in [1.807, 2.05) is 6.92 Å². The van der Waals surface area contributed by atoms with Gasteiger partial charge in [0.2, 0.25) is 0 Å². The second-order valence-corrected chi connectivity index (χ2v) is 9.63. The molecule has 7 rings (SSSR count). The Labute approximate surface area is 225 Å². The predicted molar refractivity (Wildman–Crippen MR) is 150 cm³/mol. The van der Waals surface area contributed by atoms with Crippen LogP contribution in [0.5, 0.6) is 5.75 Å². The normalized spacial score (nSPS) is 13.2. The summed E-state index contributed by atoms with van der Waals surface area (Å²) in [6.45, 7) is 2.36. The molecule has 0 atom stereocenters. The molecule has 1 aliphatic heterocycles. The van der Waals surface area contributed by atoms with Crippen LogP contribution in [-0.2, 0) is 0 Å². The summed E-state index contributed by atoms with van der Waals surface area (Å²) < 4.78 is 5.49. The van der Waals surface area contributed by atoms with Gasteiger partial charge in [-0.25, -0.2) is 14.5 Å². The van der Waals surface area contributed by atoms with Crippen molar-refractivity contribution in [1.29, 1.82) is 0 Å². The highest BCUT2D eigenvalue weighted by Gasteiger charge is 2.35.